The minimum absolute atomic E-state index is 0.199. The Morgan fingerprint density at radius 3 is 2.70 bits per heavy atom. The lowest BCUT2D eigenvalue weighted by molar-refractivity contribution is 0.215. The number of nitrogens with one attached hydrogen (secondary N) is 1. The minimum Gasteiger partial charge on any atom is -0.446 e. The number of aromatic amines is 1. The summed E-state index contributed by atoms with van der Waals surface area (Å²) in [6, 6.07) is 6.26. The third-order valence-electron chi connectivity index (χ3n) is 4.37. The van der Waals surface area contributed by atoms with E-state index in [4.69, 9.17) is 8.97 Å². The van der Waals surface area contributed by atoms with Crippen molar-refractivity contribution in [2.24, 2.45) is 0 Å². The van der Waals surface area contributed by atoms with Gasteiger partial charge in [0.25, 0.3) is 5.56 Å². The second-order valence-electron chi connectivity index (χ2n) is 6.23. The third kappa shape index (κ3) is 3.68. The molecule has 0 saturated carbocycles. The quantitative estimate of drug-likeness (QED) is 0.639. The molecule has 4 heterocycles. The van der Waals surface area contributed by atoms with Crippen LogP contribution in [0.15, 0.2) is 51.0 Å². The molecule has 0 bridgehead atoms. The van der Waals surface area contributed by atoms with Gasteiger partial charge < -0.3 is 9.40 Å². The monoisotopic (exact) mass is 388 g/mol. The first-order chi connectivity index (χ1) is 12.9. The highest BCUT2D eigenvalue weighted by Crippen LogP contribution is 2.21. The Morgan fingerprint density at radius 2 is 2.00 bits per heavy atom. The summed E-state index contributed by atoms with van der Waals surface area (Å²) in [7, 11) is -4.36. The van der Waals surface area contributed by atoms with Crippen LogP contribution in [0.25, 0.3) is 11.4 Å². The van der Waals surface area contributed by atoms with Crippen molar-refractivity contribution in [3.05, 3.63) is 64.0 Å². The summed E-state index contributed by atoms with van der Waals surface area (Å²) in [5.41, 5.74) is 1.93. The summed E-state index contributed by atoms with van der Waals surface area (Å²) in [5.74, 6) is 0.905. The van der Waals surface area contributed by atoms with Gasteiger partial charge in [-0.2, -0.15) is 8.42 Å². The van der Waals surface area contributed by atoms with Gasteiger partial charge in [0.15, 0.2) is 0 Å². The number of pyridine rings is 1. The molecule has 0 aliphatic carbocycles. The molecule has 0 saturated heterocycles. The second-order valence-corrected chi connectivity index (χ2v) is 7.58. The first-order valence-corrected chi connectivity index (χ1v) is 9.65. The predicted octanol–water partition coefficient (Wildman–Crippen LogP) is 1.23. The Morgan fingerprint density at radius 1 is 1.22 bits per heavy atom. The maximum atomic E-state index is 12.5. The molecule has 3 aromatic rings. The molecule has 9 nitrogen and oxygen atoms in total. The number of fused-ring (bicyclic) bond motifs is 1. The van der Waals surface area contributed by atoms with E-state index in [0.717, 1.165) is 11.3 Å². The van der Waals surface area contributed by atoms with Gasteiger partial charge in [-0.05, 0) is 24.3 Å². The number of hydrogen-bond acceptors (Lipinski definition) is 7. The molecule has 0 atom stereocenters. The Labute approximate surface area is 154 Å². The molecule has 3 aromatic heterocycles. The van der Waals surface area contributed by atoms with E-state index >= 15 is 0 Å². The van der Waals surface area contributed by atoms with Crippen LogP contribution in [0.4, 0.5) is 0 Å². The van der Waals surface area contributed by atoms with Gasteiger partial charge in [-0.15, -0.1) is 0 Å². The van der Waals surface area contributed by atoms with Gasteiger partial charge in [0.1, 0.15) is 11.6 Å². The van der Waals surface area contributed by atoms with Crippen LogP contribution in [-0.2, 0) is 29.6 Å². The molecule has 0 amide bonds. The van der Waals surface area contributed by atoms with Crippen LogP contribution in [0.1, 0.15) is 17.0 Å². The molecule has 2 N–H and O–H groups in total. The van der Waals surface area contributed by atoms with Crippen LogP contribution in [0.2, 0.25) is 0 Å². The molecule has 0 spiro atoms. The third-order valence-corrected chi connectivity index (χ3v) is 5.10. The SMILES string of the molecule is O=c1[nH]c(-c2ccncc2)nc2c1CN(Cc1ccc(S(=O)(=O)O)o1)CC2. The number of H-pyrrole nitrogens is 1. The minimum atomic E-state index is -4.36. The van der Waals surface area contributed by atoms with E-state index in [1.165, 1.54) is 12.1 Å². The van der Waals surface area contributed by atoms with Crippen molar-refractivity contribution in [1.29, 1.82) is 0 Å². The zero-order chi connectivity index (χ0) is 19.0. The number of nitrogens with zero attached hydrogens (tertiary/aromatic N) is 3. The summed E-state index contributed by atoms with van der Waals surface area (Å²) >= 11 is 0. The Kier molecular flexibility index (Phi) is 4.38. The molecule has 1 aliphatic heterocycles. The van der Waals surface area contributed by atoms with Gasteiger partial charge in [-0.25, -0.2) is 4.98 Å². The molecule has 140 valence electrons. The lowest BCUT2D eigenvalue weighted by atomic mass is 10.1. The van der Waals surface area contributed by atoms with Crippen molar-refractivity contribution in [2.45, 2.75) is 24.6 Å². The average Bonchev–Trinajstić information content (AvgIpc) is 3.12. The molecule has 0 fully saturated rings. The zero-order valence-electron chi connectivity index (χ0n) is 14.1. The Balaban J connectivity index is 1.55. The van der Waals surface area contributed by atoms with Crippen molar-refractivity contribution in [2.75, 3.05) is 6.54 Å². The van der Waals surface area contributed by atoms with E-state index in [1.807, 2.05) is 4.90 Å². The van der Waals surface area contributed by atoms with Crippen LogP contribution in [0, 0.1) is 0 Å². The van der Waals surface area contributed by atoms with Crippen molar-refractivity contribution in [1.82, 2.24) is 19.9 Å². The fourth-order valence-electron chi connectivity index (χ4n) is 3.06. The second kappa shape index (κ2) is 6.72. The maximum Gasteiger partial charge on any atom is 0.328 e. The summed E-state index contributed by atoms with van der Waals surface area (Å²) in [5, 5.41) is -0.489. The first kappa shape index (κ1) is 17.6. The summed E-state index contributed by atoms with van der Waals surface area (Å²) in [6.07, 6.45) is 3.87. The largest absolute Gasteiger partial charge is 0.446 e. The van der Waals surface area contributed by atoms with E-state index in [1.54, 1.807) is 24.5 Å². The van der Waals surface area contributed by atoms with Crippen LogP contribution in [-0.4, -0.2) is 39.4 Å². The van der Waals surface area contributed by atoms with Gasteiger partial charge in [-0.3, -0.25) is 19.2 Å². The van der Waals surface area contributed by atoms with Gasteiger partial charge in [0.05, 0.1) is 17.8 Å². The standard InChI is InChI=1S/C17H16N4O5S/c22-17-13-10-21(9-12-1-2-15(26-12)27(23,24)25)8-5-14(13)19-16(20-17)11-3-6-18-7-4-11/h1-4,6-7H,5,8-10H2,(H,19,20,22)(H,23,24,25). The highest BCUT2D eigenvalue weighted by molar-refractivity contribution is 7.85. The van der Waals surface area contributed by atoms with Gasteiger partial charge in [-0.1, -0.05) is 0 Å². The molecule has 4 rings (SSSR count). The van der Waals surface area contributed by atoms with Gasteiger partial charge >= 0.3 is 10.1 Å². The lowest BCUT2D eigenvalue weighted by Crippen LogP contribution is -2.35. The van der Waals surface area contributed by atoms with Crippen molar-refractivity contribution in [3.8, 4) is 11.4 Å². The van der Waals surface area contributed by atoms with Crippen LogP contribution >= 0.6 is 0 Å². The molecule has 1 aliphatic rings. The summed E-state index contributed by atoms with van der Waals surface area (Å²) in [6.45, 7) is 1.33. The van der Waals surface area contributed by atoms with Gasteiger partial charge in [0, 0.05) is 37.5 Å². The molecule has 0 unspecified atom stereocenters. The Hall–Kier alpha value is -2.82. The lowest BCUT2D eigenvalue weighted by Gasteiger charge is -2.26. The molecule has 0 radical (unpaired) electrons. The predicted molar refractivity (Wildman–Crippen MR) is 94.4 cm³/mol. The highest BCUT2D eigenvalue weighted by Gasteiger charge is 2.23. The molecular weight excluding hydrogens is 372 g/mol. The summed E-state index contributed by atoms with van der Waals surface area (Å²) in [4.78, 5) is 25.8. The van der Waals surface area contributed by atoms with E-state index in [-0.39, 0.29) is 5.56 Å². The topological polar surface area (TPSA) is 129 Å². The van der Waals surface area contributed by atoms with E-state index in [9.17, 15) is 13.2 Å². The van der Waals surface area contributed by atoms with Crippen LogP contribution in [0.5, 0.6) is 0 Å². The molecule has 0 aromatic carbocycles. The molecule has 10 heteroatoms. The summed E-state index contributed by atoms with van der Waals surface area (Å²) < 4.78 is 36.3. The highest BCUT2D eigenvalue weighted by atomic mass is 32.2. The first-order valence-electron chi connectivity index (χ1n) is 8.21. The van der Waals surface area contributed by atoms with Gasteiger partial charge in [0.2, 0.25) is 5.09 Å². The Bertz CT molecular complexity index is 1140. The molecular formula is C17H16N4O5S. The maximum absolute atomic E-state index is 12.5. The molecule has 27 heavy (non-hydrogen) atoms. The smallest absolute Gasteiger partial charge is 0.328 e. The number of rotatable bonds is 4. The zero-order valence-corrected chi connectivity index (χ0v) is 14.9. The van der Waals surface area contributed by atoms with Crippen molar-refractivity contribution < 1.29 is 17.4 Å². The van der Waals surface area contributed by atoms with Crippen LogP contribution in [0.3, 0.4) is 0 Å². The number of aromatic nitrogens is 3. The van der Waals surface area contributed by atoms with Crippen molar-refractivity contribution in [3.63, 3.8) is 0 Å². The van der Waals surface area contributed by atoms with Crippen LogP contribution < -0.4 is 5.56 Å². The number of hydrogen-bond donors (Lipinski definition) is 2. The fourth-order valence-corrected chi connectivity index (χ4v) is 3.52. The van der Waals surface area contributed by atoms with E-state index in [2.05, 4.69) is 15.0 Å². The van der Waals surface area contributed by atoms with E-state index in [0.29, 0.717) is 43.2 Å². The van der Waals surface area contributed by atoms with Crippen molar-refractivity contribution >= 4 is 10.1 Å². The number of furan rings is 1. The fraction of sp³-hybridized carbons (Fsp3) is 0.235. The normalized spacial score (nSPS) is 14.9. The van der Waals surface area contributed by atoms with E-state index < -0.39 is 15.2 Å². The average molecular weight is 388 g/mol.